The lowest BCUT2D eigenvalue weighted by molar-refractivity contribution is 0.1000. The first-order valence-electron chi connectivity index (χ1n) is 7.30. The van der Waals surface area contributed by atoms with E-state index in [2.05, 4.69) is 31.1 Å². The van der Waals surface area contributed by atoms with Gasteiger partial charge in [0, 0.05) is 18.2 Å². The van der Waals surface area contributed by atoms with Gasteiger partial charge in [-0.2, -0.15) is 0 Å². The van der Waals surface area contributed by atoms with Crippen LogP contribution in [0.3, 0.4) is 0 Å². The van der Waals surface area contributed by atoms with Crippen molar-refractivity contribution in [1.29, 1.82) is 0 Å². The standard InChI is InChI=1S/C16H27N3O/c1-13(2)19(3)10-5-4-9-18-12-14-7-6-8-15(11-14)16(17)20/h6-8,11,13,18H,4-5,9-10,12H2,1-3H3,(H2,17,20). The number of benzene rings is 1. The van der Waals surface area contributed by atoms with Gasteiger partial charge in [-0.05, 0) is 64.5 Å². The number of carbonyl (C=O) groups is 1. The van der Waals surface area contributed by atoms with Gasteiger partial charge in [-0.25, -0.2) is 0 Å². The third-order valence-corrected chi connectivity index (χ3v) is 3.54. The van der Waals surface area contributed by atoms with Gasteiger partial charge in [0.25, 0.3) is 0 Å². The van der Waals surface area contributed by atoms with Crippen molar-refractivity contribution in [1.82, 2.24) is 10.2 Å². The molecule has 0 aliphatic heterocycles. The Bertz CT molecular complexity index is 418. The second-order valence-corrected chi connectivity index (χ2v) is 5.52. The van der Waals surface area contributed by atoms with Crippen LogP contribution >= 0.6 is 0 Å². The van der Waals surface area contributed by atoms with Crippen molar-refractivity contribution < 1.29 is 4.79 Å². The minimum atomic E-state index is -0.372. The molecule has 0 saturated heterocycles. The molecule has 0 spiro atoms. The molecule has 0 atom stereocenters. The maximum Gasteiger partial charge on any atom is 0.248 e. The predicted molar refractivity (Wildman–Crippen MR) is 83.7 cm³/mol. The summed E-state index contributed by atoms with van der Waals surface area (Å²) in [7, 11) is 2.16. The largest absolute Gasteiger partial charge is 0.366 e. The normalized spacial score (nSPS) is 11.2. The molecule has 0 aromatic heterocycles. The summed E-state index contributed by atoms with van der Waals surface area (Å²) in [5.74, 6) is -0.372. The fourth-order valence-electron chi connectivity index (χ4n) is 1.94. The maximum absolute atomic E-state index is 11.1. The summed E-state index contributed by atoms with van der Waals surface area (Å²) in [5.41, 5.74) is 6.94. The van der Waals surface area contributed by atoms with E-state index in [9.17, 15) is 4.79 Å². The van der Waals surface area contributed by atoms with E-state index in [0.717, 1.165) is 31.6 Å². The number of carbonyl (C=O) groups excluding carboxylic acids is 1. The van der Waals surface area contributed by atoms with Crippen molar-refractivity contribution in [2.24, 2.45) is 5.73 Å². The van der Waals surface area contributed by atoms with Crippen molar-refractivity contribution in [2.75, 3.05) is 20.1 Å². The molecule has 0 radical (unpaired) electrons. The van der Waals surface area contributed by atoms with Crippen LogP contribution < -0.4 is 11.1 Å². The molecule has 0 aliphatic carbocycles. The summed E-state index contributed by atoms with van der Waals surface area (Å²) in [6.45, 7) is 7.33. The zero-order chi connectivity index (χ0) is 15.0. The van der Waals surface area contributed by atoms with E-state index in [-0.39, 0.29) is 5.91 Å². The Kier molecular flexibility index (Phi) is 7.26. The molecular weight excluding hydrogens is 250 g/mol. The van der Waals surface area contributed by atoms with Crippen LogP contribution in [0.5, 0.6) is 0 Å². The van der Waals surface area contributed by atoms with Crippen LogP contribution in [-0.4, -0.2) is 37.0 Å². The van der Waals surface area contributed by atoms with Gasteiger partial charge in [-0.1, -0.05) is 12.1 Å². The van der Waals surface area contributed by atoms with Gasteiger partial charge >= 0.3 is 0 Å². The second-order valence-electron chi connectivity index (χ2n) is 5.52. The first-order chi connectivity index (χ1) is 9.50. The monoisotopic (exact) mass is 277 g/mol. The van der Waals surface area contributed by atoms with E-state index in [0.29, 0.717) is 11.6 Å². The lowest BCUT2D eigenvalue weighted by Crippen LogP contribution is -2.27. The average Bonchev–Trinajstić information content (AvgIpc) is 2.42. The van der Waals surface area contributed by atoms with E-state index in [4.69, 9.17) is 5.73 Å². The van der Waals surface area contributed by atoms with E-state index in [1.165, 1.54) is 6.42 Å². The first-order valence-corrected chi connectivity index (χ1v) is 7.30. The lowest BCUT2D eigenvalue weighted by atomic mass is 10.1. The minimum Gasteiger partial charge on any atom is -0.366 e. The number of nitrogens with one attached hydrogen (secondary N) is 1. The smallest absolute Gasteiger partial charge is 0.248 e. The van der Waals surface area contributed by atoms with Crippen molar-refractivity contribution >= 4 is 5.91 Å². The molecule has 0 bridgehead atoms. The van der Waals surface area contributed by atoms with Gasteiger partial charge < -0.3 is 16.0 Å². The van der Waals surface area contributed by atoms with Crippen LogP contribution in [0.2, 0.25) is 0 Å². The van der Waals surface area contributed by atoms with E-state index < -0.39 is 0 Å². The van der Waals surface area contributed by atoms with Crippen LogP contribution in [0.15, 0.2) is 24.3 Å². The molecule has 0 saturated carbocycles. The van der Waals surface area contributed by atoms with Crippen molar-refractivity contribution in [2.45, 2.75) is 39.3 Å². The molecule has 3 N–H and O–H groups in total. The highest BCUT2D eigenvalue weighted by Crippen LogP contribution is 2.04. The fourth-order valence-corrected chi connectivity index (χ4v) is 1.94. The molecule has 0 unspecified atom stereocenters. The highest BCUT2D eigenvalue weighted by Gasteiger charge is 2.02. The SMILES string of the molecule is CC(C)N(C)CCCCNCc1cccc(C(N)=O)c1. The van der Waals surface area contributed by atoms with Gasteiger partial charge in [0.1, 0.15) is 0 Å². The summed E-state index contributed by atoms with van der Waals surface area (Å²) in [5, 5.41) is 3.40. The van der Waals surface area contributed by atoms with Crippen LogP contribution in [0, 0.1) is 0 Å². The Hall–Kier alpha value is -1.39. The minimum absolute atomic E-state index is 0.372. The highest BCUT2D eigenvalue weighted by molar-refractivity contribution is 5.92. The van der Waals surface area contributed by atoms with Gasteiger partial charge in [0.05, 0.1) is 0 Å². The van der Waals surface area contributed by atoms with Crippen molar-refractivity contribution in [3.8, 4) is 0 Å². The van der Waals surface area contributed by atoms with E-state index in [1.807, 2.05) is 18.2 Å². The topological polar surface area (TPSA) is 58.4 Å². The van der Waals surface area contributed by atoms with Gasteiger partial charge in [-0.15, -0.1) is 0 Å². The summed E-state index contributed by atoms with van der Waals surface area (Å²) < 4.78 is 0. The number of nitrogens with zero attached hydrogens (tertiary/aromatic N) is 1. The molecule has 1 aromatic carbocycles. The Balaban J connectivity index is 2.18. The Morgan fingerprint density at radius 2 is 2.10 bits per heavy atom. The Labute approximate surface area is 122 Å². The molecule has 0 fully saturated rings. The van der Waals surface area contributed by atoms with Crippen molar-refractivity contribution in [3.63, 3.8) is 0 Å². The number of hydrogen-bond acceptors (Lipinski definition) is 3. The fraction of sp³-hybridized carbons (Fsp3) is 0.562. The zero-order valence-electron chi connectivity index (χ0n) is 12.9. The van der Waals surface area contributed by atoms with Crippen LogP contribution in [-0.2, 0) is 6.54 Å². The maximum atomic E-state index is 11.1. The number of hydrogen-bond donors (Lipinski definition) is 2. The molecule has 0 aliphatic rings. The molecule has 112 valence electrons. The highest BCUT2D eigenvalue weighted by atomic mass is 16.1. The van der Waals surface area contributed by atoms with Crippen LogP contribution in [0.1, 0.15) is 42.6 Å². The summed E-state index contributed by atoms with van der Waals surface area (Å²) in [6, 6.07) is 8.08. The number of nitrogens with two attached hydrogens (primary N) is 1. The van der Waals surface area contributed by atoms with Gasteiger partial charge in [0.2, 0.25) is 5.91 Å². The molecular formula is C16H27N3O. The van der Waals surface area contributed by atoms with Gasteiger partial charge in [0.15, 0.2) is 0 Å². The molecule has 1 aromatic rings. The van der Waals surface area contributed by atoms with Crippen LogP contribution in [0.25, 0.3) is 0 Å². The van der Waals surface area contributed by atoms with E-state index in [1.54, 1.807) is 6.07 Å². The molecule has 4 nitrogen and oxygen atoms in total. The average molecular weight is 277 g/mol. The molecule has 20 heavy (non-hydrogen) atoms. The molecule has 4 heteroatoms. The Morgan fingerprint density at radius 1 is 1.35 bits per heavy atom. The molecule has 1 amide bonds. The third-order valence-electron chi connectivity index (χ3n) is 3.54. The summed E-state index contributed by atoms with van der Waals surface area (Å²) >= 11 is 0. The lowest BCUT2D eigenvalue weighted by Gasteiger charge is -2.20. The van der Waals surface area contributed by atoms with Crippen molar-refractivity contribution in [3.05, 3.63) is 35.4 Å². The quantitative estimate of drug-likeness (QED) is 0.679. The first kappa shape index (κ1) is 16.7. The molecule has 0 heterocycles. The number of unbranched alkanes of at least 4 members (excludes halogenated alkanes) is 1. The summed E-state index contributed by atoms with van der Waals surface area (Å²) in [4.78, 5) is 13.4. The number of primary amides is 1. The zero-order valence-corrected chi connectivity index (χ0v) is 12.9. The Morgan fingerprint density at radius 3 is 2.75 bits per heavy atom. The number of amides is 1. The van der Waals surface area contributed by atoms with Crippen LogP contribution in [0.4, 0.5) is 0 Å². The van der Waals surface area contributed by atoms with Gasteiger partial charge in [-0.3, -0.25) is 4.79 Å². The van der Waals surface area contributed by atoms with E-state index >= 15 is 0 Å². The summed E-state index contributed by atoms with van der Waals surface area (Å²) in [6.07, 6.45) is 2.36. The third kappa shape index (κ3) is 6.17. The second kappa shape index (κ2) is 8.72. The number of rotatable bonds is 9. The molecule has 1 rings (SSSR count). The predicted octanol–water partition coefficient (Wildman–Crippen LogP) is 2.00.